The van der Waals surface area contributed by atoms with E-state index in [4.69, 9.17) is 14.2 Å². The molecule has 128 valence electrons. The molecule has 1 aromatic rings. The molecule has 0 bridgehead atoms. The van der Waals surface area contributed by atoms with Crippen molar-refractivity contribution in [2.45, 2.75) is 12.8 Å². The zero-order valence-corrected chi connectivity index (χ0v) is 13.5. The number of nitrogens with zero attached hydrogens (tertiary/aromatic N) is 1. The minimum Gasteiger partial charge on any atom is -0.484 e. The Hall–Kier alpha value is -1.66. The first-order chi connectivity index (χ1) is 11.2. The minimum absolute atomic E-state index is 0.0133. The third kappa shape index (κ3) is 6.15. The fraction of sp³-hybridized carbons (Fsp3) is 0.588. The van der Waals surface area contributed by atoms with Crippen molar-refractivity contribution in [1.29, 1.82) is 0 Å². The number of carbonyl (C=O) groups is 1. The molecule has 0 unspecified atom stereocenters. The van der Waals surface area contributed by atoms with Crippen molar-refractivity contribution in [3.8, 4) is 5.75 Å². The molecule has 0 atom stereocenters. The number of hydrogen-bond acceptors (Lipinski definition) is 4. The lowest BCUT2D eigenvalue weighted by molar-refractivity contribution is -0.135. The second-order valence-electron chi connectivity index (χ2n) is 5.63. The van der Waals surface area contributed by atoms with Crippen molar-refractivity contribution in [3.63, 3.8) is 0 Å². The van der Waals surface area contributed by atoms with Crippen molar-refractivity contribution in [1.82, 2.24) is 4.90 Å². The lowest BCUT2D eigenvalue weighted by Crippen LogP contribution is -2.41. The van der Waals surface area contributed by atoms with Gasteiger partial charge in [0.2, 0.25) is 0 Å². The molecular formula is C17H24FNO4. The largest absolute Gasteiger partial charge is 0.484 e. The van der Waals surface area contributed by atoms with E-state index in [-0.39, 0.29) is 18.3 Å². The first kappa shape index (κ1) is 17.7. The van der Waals surface area contributed by atoms with Crippen LogP contribution in [0.2, 0.25) is 0 Å². The SMILES string of the molecule is COCCOCC1CCN(C(=O)COc2ccc(F)cc2)CC1. The van der Waals surface area contributed by atoms with Gasteiger partial charge in [0, 0.05) is 26.8 Å². The van der Waals surface area contributed by atoms with Crippen LogP contribution in [0.3, 0.4) is 0 Å². The summed E-state index contributed by atoms with van der Waals surface area (Å²) >= 11 is 0. The summed E-state index contributed by atoms with van der Waals surface area (Å²) < 4.78 is 28.7. The molecule has 1 aliphatic rings. The standard InChI is InChI=1S/C17H24FNO4/c1-21-10-11-22-12-14-6-8-19(9-7-14)17(20)13-23-16-4-2-15(18)3-5-16/h2-5,14H,6-13H2,1H3. The Labute approximate surface area is 136 Å². The Morgan fingerprint density at radius 2 is 1.91 bits per heavy atom. The van der Waals surface area contributed by atoms with E-state index in [2.05, 4.69) is 0 Å². The third-order valence-electron chi connectivity index (χ3n) is 3.93. The van der Waals surface area contributed by atoms with Gasteiger partial charge in [-0.05, 0) is 43.0 Å². The molecule has 1 aliphatic heterocycles. The van der Waals surface area contributed by atoms with Crippen LogP contribution in [0.5, 0.6) is 5.75 Å². The summed E-state index contributed by atoms with van der Waals surface area (Å²) in [4.78, 5) is 13.9. The Morgan fingerprint density at radius 3 is 2.57 bits per heavy atom. The van der Waals surface area contributed by atoms with Gasteiger partial charge in [-0.2, -0.15) is 0 Å². The van der Waals surface area contributed by atoms with E-state index in [1.165, 1.54) is 24.3 Å². The van der Waals surface area contributed by atoms with Crippen molar-refractivity contribution >= 4 is 5.91 Å². The summed E-state index contributed by atoms with van der Waals surface area (Å²) in [7, 11) is 1.65. The van der Waals surface area contributed by atoms with E-state index in [0.29, 0.717) is 24.9 Å². The second-order valence-corrected chi connectivity index (χ2v) is 5.63. The molecule has 0 radical (unpaired) electrons. The number of piperidine rings is 1. The molecule has 2 rings (SSSR count). The predicted molar refractivity (Wildman–Crippen MR) is 83.9 cm³/mol. The van der Waals surface area contributed by atoms with Gasteiger partial charge in [0.15, 0.2) is 6.61 Å². The summed E-state index contributed by atoms with van der Waals surface area (Å²) in [6.07, 6.45) is 1.88. The van der Waals surface area contributed by atoms with Crippen LogP contribution in [0.15, 0.2) is 24.3 Å². The van der Waals surface area contributed by atoms with E-state index in [0.717, 1.165) is 32.5 Å². The average Bonchev–Trinajstić information content (AvgIpc) is 2.58. The van der Waals surface area contributed by atoms with Crippen molar-refractivity contribution < 1.29 is 23.4 Å². The lowest BCUT2D eigenvalue weighted by Gasteiger charge is -2.31. The van der Waals surface area contributed by atoms with E-state index in [9.17, 15) is 9.18 Å². The maximum atomic E-state index is 12.8. The van der Waals surface area contributed by atoms with Crippen LogP contribution in [0.1, 0.15) is 12.8 Å². The predicted octanol–water partition coefficient (Wildman–Crippen LogP) is 2.11. The lowest BCUT2D eigenvalue weighted by atomic mass is 9.98. The molecule has 0 saturated carbocycles. The van der Waals surface area contributed by atoms with Crippen LogP contribution >= 0.6 is 0 Å². The van der Waals surface area contributed by atoms with Gasteiger partial charge in [-0.3, -0.25) is 4.79 Å². The molecule has 0 aromatic heterocycles. The third-order valence-corrected chi connectivity index (χ3v) is 3.93. The summed E-state index contributed by atoms with van der Waals surface area (Å²) in [6, 6.07) is 5.67. The maximum absolute atomic E-state index is 12.8. The molecule has 0 spiro atoms. The molecular weight excluding hydrogens is 301 g/mol. The van der Waals surface area contributed by atoms with Crippen LogP contribution in [0.25, 0.3) is 0 Å². The molecule has 1 heterocycles. The van der Waals surface area contributed by atoms with Crippen LogP contribution in [-0.4, -0.2) is 57.4 Å². The van der Waals surface area contributed by atoms with E-state index >= 15 is 0 Å². The fourth-order valence-electron chi connectivity index (χ4n) is 2.51. The highest BCUT2D eigenvalue weighted by Crippen LogP contribution is 2.18. The molecule has 0 N–H and O–H groups in total. The highest BCUT2D eigenvalue weighted by molar-refractivity contribution is 5.77. The minimum atomic E-state index is -0.321. The molecule has 0 aliphatic carbocycles. The van der Waals surface area contributed by atoms with Crippen LogP contribution < -0.4 is 4.74 Å². The topological polar surface area (TPSA) is 48.0 Å². The number of methoxy groups -OCH3 is 1. The zero-order chi connectivity index (χ0) is 16.5. The summed E-state index contributed by atoms with van der Waals surface area (Å²) in [5.41, 5.74) is 0. The number of rotatable bonds is 8. The number of carbonyl (C=O) groups excluding carboxylic acids is 1. The van der Waals surface area contributed by atoms with Gasteiger partial charge in [-0.1, -0.05) is 0 Å². The normalized spacial score (nSPS) is 15.7. The van der Waals surface area contributed by atoms with Gasteiger partial charge in [-0.25, -0.2) is 4.39 Å². The summed E-state index contributed by atoms with van der Waals surface area (Å²) in [5, 5.41) is 0. The van der Waals surface area contributed by atoms with Gasteiger partial charge < -0.3 is 19.1 Å². The number of hydrogen-bond donors (Lipinski definition) is 0. The molecule has 1 fully saturated rings. The van der Waals surface area contributed by atoms with Crippen molar-refractivity contribution in [2.75, 3.05) is 46.6 Å². The summed E-state index contributed by atoms with van der Waals surface area (Å²) in [6.45, 7) is 3.38. The number of amides is 1. The highest BCUT2D eigenvalue weighted by Gasteiger charge is 2.23. The Kier molecular flexibility index (Phi) is 7.29. The Morgan fingerprint density at radius 1 is 1.22 bits per heavy atom. The smallest absolute Gasteiger partial charge is 0.260 e. The van der Waals surface area contributed by atoms with Crippen molar-refractivity contribution in [3.05, 3.63) is 30.1 Å². The van der Waals surface area contributed by atoms with E-state index in [1.807, 2.05) is 4.90 Å². The molecule has 1 saturated heterocycles. The van der Waals surface area contributed by atoms with Crippen LogP contribution in [0, 0.1) is 11.7 Å². The molecule has 6 heteroatoms. The van der Waals surface area contributed by atoms with Gasteiger partial charge in [-0.15, -0.1) is 0 Å². The number of ether oxygens (including phenoxy) is 3. The first-order valence-electron chi connectivity index (χ1n) is 7.92. The van der Waals surface area contributed by atoms with Gasteiger partial charge in [0.05, 0.1) is 13.2 Å². The van der Waals surface area contributed by atoms with Crippen molar-refractivity contribution in [2.24, 2.45) is 5.92 Å². The molecule has 1 aromatic carbocycles. The quantitative estimate of drug-likeness (QED) is 0.687. The first-order valence-corrected chi connectivity index (χ1v) is 7.92. The second kappa shape index (κ2) is 9.47. The molecule has 1 amide bonds. The van der Waals surface area contributed by atoms with Crippen LogP contribution in [0.4, 0.5) is 4.39 Å². The monoisotopic (exact) mass is 325 g/mol. The number of halogens is 1. The molecule has 23 heavy (non-hydrogen) atoms. The zero-order valence-electron chi connectivity index (χ0n) is 13.5. The Bertz CT molecular complexity index is 472. The van der Waals surface area contributed by atoms with Gasteiger partial charge in [0.25, 0.3) is 5.91 Å². The van der Waals surface area contributed by atoms with E-state index < -0.39 is 0 Å². The Balaban J connectivity index is 1.64. The van der Waals surface area contributed by atoms with Crippen LogP contribution in [-0.2, 0) is 14.3 Å². The maximum Gasteiger partial charge on any atom is 0.260 e. The van der Waals surface area contributed by atoms with Gasteiger partial charge >= 0.3 is 0 Å². The number of likely N-dealkylation sites (tertiary alicyclic amines) is 1. The average molecular weight is 325 g/mol. The van der Waals surface area contributed by atoms with Gasteiger partial charge in [0.1, 0.15) is 11.6 Å². The fourth-order valence-corrected chi connectivity index (χ4v) is 2.51. The molecule has 5 nitrogen and oxygen atoms in total. The highest BCUT2D eigenvalue weighted by atomic mass is 19.1. The summed E-state index contributed by atoms with van der Waals surface area (Å²) in [5.74, 6) is 0.640. The van der Waals surface area contributed by atoms with E-state index in [1.54, 1.807) is 7.11 Å². The number of benzene rings is 1.